The van der Waals surface area contributed by atoms with Crippen LogP contribution in [0.3, 0.4) is 0 Å². The second kappa shape index (κ2) is 10.4. The number of amides is 1. The van der Waals surface area contributed by atoms with E-state index in [4.69, 9.17) is 9.47 Å². The molecule has 10 heteroatoms. The minimum atomic E-state index is -0.421. The van der Waals surface area contributed by atoms with Crippen molar-refractivity contribution >= 4 is 23.0 Å². The summed E-state index contributed by atoms with van der Waals surface area (Å²) in [7, 11) is 3.08. The van der Waals surface area contributed by atoms with Crippen LogP contribution in [-0.4, -0.2) is 40.6 Å². The number of aromatic nitrogens is 2. The highest BCUT2D eigenvalue weighted by Gasteiger charge is 2.33. The van der Waals surface area contributed by atoms with Gasteiger partial charge in [-0.2, -0.15) is 10.2 Å². The predicted octanol–water partition coefficient (Wildman–Crippen LogP) is 4.51. The van der Waals surface area contributed by atoms with Crippen molar-refractivity contribution < 1.29 is 18.7 Å². The van der Waals surface area contributed by atoms with Crippen LogP contribution < -0.4 is 15.0 Å². The van der Waals surface area contributed by atoms with Gasteiger partial charge in [0.05, 0.1) is 36.5 Å². The maximum Gasteiger partial charge on any atom is 0.267 e. The predicted molar refractivity (Wildman–Crippen MR) is 138 cm³/mol. The largest absolute Gasteiger partial charge is 0.493 e. The summed E-state index contributed by atoms with van der Waals surface area (Å²) in [6, 6.07) is 17.7. The van der Waals surface area contributed by atoms with Gasteiger partial charge in [0.25, 0.3) is 11.5 Å². The van der Waals surface area contributed by atoms with Crippen LogP contribution >= 0.6 is 11.3 Å². The standard InChI is InChI=1S/C27H23FN4O4S/c1-35-23-11-7-18(14-24(23)36-2)20-10-12-26(33)31(29-20)16-27(34)32-22(17-5-8-19(28)9-6-17)15-21(30-32)25-4-3-13-37-25/h3-14,22H,15-16H2,1-2H3. The van der Waals surface area contributed by atoms with Crippen molar-refractivity contribution in [3.05, 3.63) is 98.7 Å². The fraction of sp³-hybridized carbons (Fsp3) is 0.185. The number of ether oxygens (including phenoxy) is 2. The average molecular weight is 519 g/mol. The molecule has 188 valence electrons. The fourth-order valence-electron chi connectivity index (χ4n) is 4.19. The molecule has 1 aliphatic rings. The van der Waals surface area contributed by atoms with Gasteiger partial charge in [-0.3, -0.25) is 9.59 Å². The molecule has 0 saturated carbocycles. The third kappa shape index (κ3) is 5.01. The van der Waals surface area contributed by atoms with Crippen molar-refractivity contribution in [3.63, 3.8) is 0 Å². The monoisotopic (exact) mass is 518 g/mol. The number of hydrogen-bond donors (Lipinski definition) is 0. The summed E-state index contributed by atoms with van der Waals surface area (Å²) >= 11 is 1.53. The highest BCUT2D eigenvalue weighted by atomic mass is 32.1. The van der Waals surface area contributed by atoms with Crippen LogP contribution in [0.2, 0.25) is 0 Å². The number of rotatable bonds is 7. The van der Waals surface area contributed by atoms with Crippen LogP contribution in [0.5, 0.6) is 11.5 Å². The van der Waals surface area contributed by atoms with Gasteiger partial charge >= 0.3 is 0 Å². The smallest absolute Gasteiger partial charge is 0.267 e. The fourth-order valence-corrected chi connectivity index (χ4v) is 4.91. The summed E-state index contributed by atoms with van der Waals surface area (Å²) in [5.74, 6) is 0.321. The van der Waals surface area contributed by atoms with Gasteiger partial charge in [-0.1, -0.05) is 18.2 Å². The van der Waals surface area contributed by atoms with E-state index < -0.39 is 17.5 Å². The van der Waals surface area contributed by atoms with Crippen LogP contribution in [0.25, 0.3) is 11.3 Å². The molecular formula is C27H23FN4O4S. The quantitative estimate of drug-likeness (QED) is 0.360. The molecule has 1 amide bonds. The molecule has 1 aliphatic heterocycles. The second-order valence-electron chi connectivity index (χ2n) is 8.32. The van der Waals surface area contributed by atoms with Gasteiger partial charge in [0.1, 0.15) is 12.4 Å². The van der Waals surface area contributed by atoms with Crippen molar-refractivity contribution in [1.82, 2.24) is 14.8 Å². The number of nitrogens with zero attached hydrogens (tertiary/aromatic N) is 4. The number of thiophene rings is 1. The molecule has 0 spiro atoms. The van der Waals surface area contributed by atoms with E-state index >= 15 is 0 Å². The zero-order valence-electron chi connectivity index (χ0n) is 20.1. The molecule has 2 aromatic heterocycles. The Morgan fingerprint density at radius 2 is 1.84 bits per heavy atom. The van der Waals surface area contributed by atoms with E-state index in [2.05, 4.69) is 10.2 Å². The van der Waals surface area contributed by atoms with E-state index in [-0.39, 0.29) is 12.4 Å². The molecule has 37 heavy (non-hydrogen) atoms. The second-order valence-corrected chi connectivity index (χ2v) is 9.27. The van der Waals surface area contributed by atoms with Crippen LogP contribution in [0.15, 0.2) is 82.0 Å². The minimum absolute atomic E-state index is 0.307. The maximum atomic E-state index is 13.6. The molecule has 8 nitrogen and oxygen atoms in total. The Hall–Kier alpha value is -4.31. The molecule has 1 unspecified atom stereocenters. The number of methoxy groups -OCH3 is 2. The van der Waals surface area contributed by atoms with Gasteiger partial charge in [-0.05, 0) is 53.4 Å². The Morgan fingerprint density at radius 1 is 1.05 bits per heavy atom. The van der Waals surface area contributed by atoms with Crippen molar-refractivity contribution in [2.24, 2.45) is 5.10 Å². The van der Waals surface area contributed by atoms with E-state index in [9.17, 15) is 14.0 Å². The van der Waals surface area contributed by atoms with E-state index in [1.165, 1.54) is 41.7 Å². The summed E-state index contributed by atoms with van der Waals surface area (Å²) < 4.78 is 25.3. The molecule has 0 N–H and O–H groups in total. The SMILES string of the molecule is COc1ccc(-c2ccc(=O)n(CC(=O)N3N=C(c4cccs4)CC3c3ccc(F)cc3)n2)cc1OC. The number of benzene rings is 2. The molecule has 0 fully saturated rings. The minimum Gasteiger partial charge on any atom is -0.493 e. The molecule has 0 aliphatic carbocycles. The van der Waals surface area contributed by atoms with Gasteiger partial charge < -0.3 is 9.47 Å². The van der Waals surface area contributed by atoms with Gasteiger partial charge in [0, 0.05) is 18.1 Å². The lowest BCUT2D eigenvalue weighted by Gasteiger charge is -2.22. The summed E-state index contributed by atoms with van der Waals surface area (Å²) in [6.07, 6.45) is 0.478. The lowest BCUT2D eigenvalue weighted by molar-refractivity contribution is -0.133. The number of hydrogen-bond acceptors (Lipinski definition) is 7. The molecule has 0 radical (unpaired) electrons. The Bertz CT molecular complexity index is 1520. The highest BCUT2D eigenvalue weighted by Crippen LogP contribution is 2.34. The van der Waals surface area contributed by atoms with Crippen molar-refractivity contribution in [2.75, 3.05) is 14.2 Å². The lowest BCUT2D eigenvalue weighted by Crippen LogP contribution is -2.34. The Labute approximate surface area is 216 Å². The lowest BCUT2D eigenvalue weighted by atomic mass is 10.0. The first-order valence-electron chi connectivity index (χ1n) is 11.5. The van der Waals surface area contributed by atoms with Gasteiger partial charge in [0.2, 0.25) is 0 Å². The third-order valence-corrected chi connectivity index (χ3v) is 6.98. The zero-order valence-corrected chi connectivity index (χ0v) is 20.9. The summed E-state index contributed by atoms with van der Waals surface area (Å²) in [6.45, 7) is -0.307. The first kappa shape index (κ1) is 24.4. The third-order valence-electron chi connectivity index (χ3n) is 6.06. The Balaban J connectivity index is 1.45. The van der Waals surface area contributed by atoms with Crippen LogP contribution in [0.1, 0.15) is 22.9 Å². The zero-order chi connectivity index (χ0) is 25.9. The van der Waals surface area contributed by atoms with Crippen LogP contribution in [-0.2, 0) is 11.3 Å². The van der Waals surface area contributed by atoms with Crippen LogP contribution in [0.4, 0.5) is 4.39 Å². The van der Waals surface area contributed by atoms with E-state index in [0.717, 1.165) is 20.8 Å². The summed E-state index contributed by atoms with van der Waals surface area (Å²) in [5, 5.41) is 12.3. The van der Waals surface area contributed by atoms with E-state index in [1.807, 2.05) is 17.5 Å². The Morgan fingerprint density at radius 3 is 2.54 bits per heavy atom. The molecule has 2 aromatic carbocycles. The van der Waals surface area contributed by atoms with Crippen LogP contribution in [0, 0.1) is 5.82 Å². The number of halogens is 1. The normalized spacial score (nSPS) is 14.9. The first-order valence-corrected chi connectivity index (χ1v) is 12.3. The average Bonchev–Trinajstić information content (AvgIpc) is 3.60. The van der Waals surface area contributed by atoms with Crippen molar-refractivity contribution in [3.8, 4) is 22.8 Å². The van der Waals surface area contributed by atoms with E-state index in [1.54, 1.807) is 43.5 Å². The maximum absolute atomic E-state index is 13.6. The highest BCUT2D eigenvalue weighted by molar-refractivity contribution is 7.12. The molecular weight excluding hydrogens is 495 g/mol. The number of carbonyl (C=O) groups excluding carboxylic acids is 1. The Kier molecular flexibility index (Phi) is 6.82. The van der Waals surface area contributed by atoms with Gasteiger partial charge in [0.15, 0.2) is 11.5 Å². The van der Waals surface area contributed by atoms with E-state index in [0.29, 0.717) is 29.2 Å². The molecule has 1 atom stereocenters. The molecule has 3 heterocycles. The summed E-state index contributed by atoms with van der Waals surface area (Å²) in [4.78, 5) is 27.1. The van der Waals surface area contributed by atoms with Crippen molar-refractivity contribution in [2.45, 2.75) is 19.0 Å². The van der Waals surface area contributed by atoms with Crippen molar-refractivity contribution in [1.29, 1.82) is 0 Å². The molecule has 5 rings (SSSR count). The topological polar surface area (TPSA) is 86.0 Å². The first-order chi connectivity index (χ1) is 18.0. The van der Waals surface area contributed by atoms with Gasteiger partial charge in [-0.25, -0.2) is 14.1 Å². The number of hydrazone groups is 1. The number of carbonyl (C=O) groups is 1. The molecule has 0 bridgehead atoms. The summed E-state index contributed by atoms with van der Waals surface area (Å²) in [5.41, 5.74) is 2.29. The molecule has 0 saturated heterocycles. The van der Waals surface area contributed by atoms with Gasteiger partial charge in [-0.15, -0.1) is 11.3 Å². The molecule has 4 aromatic rings.